The minimum Gasteiger partial charge on any atom is -0.318 e. The highest BCUT2D eigenvalue weighted by Crippen LogP contribution is 2.28. The Hall–Kier alpha value is -1.03. The zero-order valence-corrected chi connectivity index (χ0v) is 9.50. The predicted molar refractivity (Wildman–Crippen MR) is 66.6 cm³/mol. The van der Waals surface area contributed by atoms with Crippen LogP contribution in [0.1, 0.15) is 0 Å². The fourth-order valence-electron chi connectivity index (χ4n) is 1.48. The second-order valence-corrected chi connectivity index (χ2v) is 4.62. The number of rotatable bonds is 3. The third-order valence-corrected chi connectivity index (χ3v) is 3.27. The molecule has 0 saturated heterocycles. The molecule has 15 heavy (non-hydrogen) atoms. The number of nitrogens with zero attached hydrogens (tertiary/aromatic N) is 1. The lowest BCUT2D eigenvalue weighted by Crippen LogP contribution is -2.18. The van der Waals surface area contributed by atoms with Crippen molar-refractivity contribution >= 4 is 22.7 Å². The van der Waals surface area contributed by atoms with E-state index in [-0.39, 0.29) is 0 Å². The zero-order valence-electron chi connectivity index (χ0n) is 8.68. The van der Waals surface area contributed by atoms with Gasteiger partial charge in [-0.25, -0.2) is 4.31 Å². The molecule has 0 aliphatic carbocycles. The summed E-state index contributed by atoms with van der Waals surface area (Å²) in [5, 5.41) is 2.55. The molecule has 0 saturated carbocycles. The predicted octanol–water partition coefficient (Wildman–Crippen LogP) is 2.69. The van der Waals surface area contributed by atoms with Gasteiger partial charge in [0.1, 0.15) is 0 Å². The van der Waals surface area contributed by atoms with E-state index in [1.54, 1.807) is 11.9 Å². The lowest BCUT2D eigenvalue weighted by molar-refractivity contribution is 0.586. The van der Waals surface area contributed by atoms with Crippen LogP contribution in [0.25, 0.3) is 10.8 Å². The lowest BCUT2D eigenvalue weighted by atomic mass is 10.1. The number of hydrogen-bond donors (Lipinski definition) is 1. The highest BCUT2D eigenvalue weighted by atomic mass is 32.2. The van der Waals surface area contributed by atoms with E-state index in [1.807, 2.05) is 11.4 Å². The van der Waals surface area contributed by atoms with Gasteiger partial charge in [0, 0.05) is 4.90 Å². The van der Waals surface area contributed by atoms with Crippen molar-refractivity contribution in [2.45, 2.75) is 4.90 Å². The maximum Gasteiger partial charge on any atom is 0.0556 e. The van der Waals surface area contributed by atoms with Crippen LogP contribution in [-0.2, 0) is 0 Å². The Kier molecular flexibility index (Phi) is 3.26. The average molecular weight is 218 g/mol. The van der Waals surface area contributed by atoms with Crippen LogP contribution in [0.4, 0.5) is 0 Å². The summed E-state index contributed by atoms with van der Waals surface area (Å²) in [7, 11) is 1.99. The van der Waals surface area contributed by atoms with Gasteiger partial charge in [-0.2, -0.15) is 0 Å². The molecule has 0 atom stereocenters. The molecule has 0 radical (unpaired) electrons. The third-order valence-electron chi connectivity index (χ3n) is 2.26. The van der Waals surface area contributed by atoms with E-state index < -0.39 is 0 Å². The van der Waals surface area contributed by atoms with Crippen molar-refractivity contribution < 1.29 is 0 Å². The van der Waals surface area contributed by atoms with Gasteiger partial charge in [0.2, 0.25) is 0 Å². The number of hydrogen-bond acceptors (Lipinski definition) is 3. The van der Waals surface area contributed by atoms with Crippen LogP contribution in [0, 0.1) is 0 Å². The lowest BCUT2D eigenvalue weighted by Gasteiger charge is -2.13. The minimum absolute atomic E-state index is 0.549. The first-order valence-corrected chi connectivity index (χ1v) is 5.65. The van der Waals surface area contributed by atoms with Gasteiger partial charge in [-0.1, -0.05) is 36.4 Å². The molecule has 2 aromatic rings. The van der Waals surface area contributed by atoms with E-state index in [2.05, 4.69) is 42.5 Å². The molecule has 3 heteroatoms. The second-order valence-electron chi connectivity index (χ2n) is 3.38. The topological polar surface area (TPSA) is 29.3 Å². The van der Waals surface area contributed by atoms with Crippen LogP contribution >= 0.6 is 11.9 Å². The molecular weight excluding hydrogens is 204 g/mol. The first kappa shape index (κ1) is 10.5. The van der Waals surface area contributed by atoms with Crippen LogP contribution in [0.15, 0.2) is 47.4 Å². The maximum atomic E-state index is 5.57. The smallest absolute Gasteiger partial charge is 0.0556 e. The monoisotopic (exact) mass is 218 g/mol. The van der Waals surface area contributed by atoms with Crippen LogP contribution in [0.3, 0.4) is 0 Å². The summed E-state index contributed by atoms with van der Waals surface area (Å²) in [5.41, 5.74) is 5.57. The van der Waals surface area contributed by atoms with E-state index in [0.29, 0.717) is 6.67 Å². The van der Waals surface area contributed by atoms with Crippen LogP contribution in [0.5, 0.6) is 0 Å². The van der Waals surface area contributed by atoms with Crippen molar-refractivity contribution in [2.24, 2.45) is 5.73 Å². The van der Waals surface area contributed by atoms with E-state index in [1.165, 1.54) is 15.7 Å². The van der Waals surface area contributed by atoms with Gasteiger partial charge in [-0.3, -0.25) is 0 Å². The molecule has 2 rings (SSSR count). The summed E-state index contributed by atoms with van der Waals surface area (Å²) in [5.74, 6) is 0. The molecule has 0 unspecified atom stereocenters. The van der Waals surface area contributed by atoms with Crippen molar-refractivity contribution in [3.8, 4) is 0 Å². The molecule has 0 amide bonds. The SMILES string of the molecule is CN(CN)Sc1cccc2ccccc12. The van der Waals surface area contributed by atoms with Gasteiger partial charge in [0.15, 0.2) is 0 Å². The summed E-state index contributed by atoms with van der Waals surface area (Å²) in [6.07, 6.45) is 0. The molecule has 0 fully saturated rings. The first-order valence-electron chi connectivity index (χ1n) is 4.88. The largest absolute Gasteiger partial charge is 0.318 e. The fourth-order valence-corrected chi connectivity index (χ4v) is 2.31. The average Bonchev–Trinajstić information content (AvgIpc) is 2.29. The quantitative estimate of drug-likeness (QED) is 0.634. The molecule has 2 nitrogen and oxygen atoms in total. The third kappa shape index (κ3) is 2.31. The van der Waals surface area contributed by atoms with Gasteiger partial charge in [-0.15, -0.1) is 0 Å². The van der Waals surface area contributed by atoms with Crippen LogP contribution in [0.2, 0.25) is 0 Å². The summed E-state index contributed by atoms with van der Waals surface area (Å²) >= 11 is 1.68. The molecule has 2 N–H and O–H groups in total. The summed E-state index contributed by atoms with van der Waals surface area (Å²) in [4.78, 5) is 1.25. The highest BCUT2D eigenvalue weighted by Gasteiger charge is 2.03. The van der Waals surface area contributed by atoms with Gasteiger partial charge in [0.25, 0.3) is 0 Å². The molecule has 0 heterocycles. The van der Waals surface area contributed by atoms with Gasteiger partial charge >= 0.3 is 0 Å². The number of benzene rings is 2. The van der Waals surface area contributed by atoms with Crippen molar-refractivity contribution in [2.75, 3.05) is 13.7 Å². The Labute approximate surface area is 94.2 Å². The molecule has 0 bridgehead atoms. The van der Waals surface area contributed by atoms with E-state index in [0.717, 1.165) is 0 Å². The minimum atomic E-state index is 0.549. The van der Waals surface area contributed by atoms with Gasteiger partial charge < -0.3 is 5.73 Å². The normalized spacial score (nSPS) is 11.1. The van der Waals surface area contributed by atoms with E-state index >= 15 is 0 Å². The van der Waals surface area contributed by atoms with Gasteiger partial charge in [-0.05, 0) is 35.8 Å². The first-order chi connectivity index (χ1) is 7.31. The van der Waals surface area contributed by atoms with Crippen molar-refractivity contribution in [3.05, 3.63) is 42.5 Å². The molecule has 2 aromatic carbocycles. The molecule has 0 spiro atoms. The van der Waals surface area contributed by atoms with Gasteiger partial charge in [0.05, 0.1) is 6.67 Å². The van der Waals surface area contributed by atoms with Crippen LogP contribution in [-0.4, -0.2) is 18.0 Å². The maximum absolute atomic E-state index is 5.57. The Morgan fingerprint density at radius 3 is 2.67 bits per heavy atom. The van der Waals surface area contributed by atoms with Crippen molar-refractivity contribution in [1.29, 1.82) is 0 Å². The number of nitrogens with two attached hydrogens (primary N) is 1. The standard InChI is InChI=1S/C12H14N2S/c1-14(9-13)15-12-8-4-6-10-5-2-3-7-11(10)12/h2-8H,9,13H2,1H3. The number of fused-ring (bicyclic) bond motifs is 1. The second kappa shape index (κ2) is 4.66. The van der Waals surface area contributed by atoms with E-state index in [4.69, 9.17) is 5.73 Å². The molecule has 78 valence electrons. The van der Waals surface area contributed by atoms with E-state index in [9.17, 15) is 0 Å². The molecule has 0 aromatic heterocycles. The zero-order chi connectivity index (χ0) is 10.7. The summed E-state index contributed by atoms with van der Waals surface area (Å²) in [6, 6.07) is 14.7. The Morgan fingerprint density at radius 1 is 1.13 bits per heavy atom. The highest BCUT2D eigenvalue weighted by molar-refractivity contribution is 7.97. The molecular formula is C12H14N2S. The summed E-state index contributed by atoms with van der Waals surface area (Å²) < 4.78 is 2.02. The fraction of sp³-hybridized carbons (Fsp3) is 0.167. The Bertz CT molecular complexity index is 451. The van der Waals surface area contributed by atoms with Crippen molar-refractivity contribution in [3.63, 3.8) is 0 Å². The van der Waals surface area contributed by atoms with Crippen LogP contribution < -0.4 is 5.73 Å². The molecule has 0 aliphatic heterocycles. The Morgan fingerprint density at radius 2 is 1.87 bits per heavy atom. The van der Waals surface area contributed by atoms with Crippen molar-refractivity contribution in [1.82, 2.24) is 4.31 Å². The summed E-state index contributed by atoms with van der Waals surface area (Å²) in [6.45, 7) is 0.549. The molecule has 0 aliphatic rings. The Balaban J connectivity index is 2.42.